The topological polar surface area (TPSA) is 48.5 Å². The quantitative estimate of drug-likeness (QED) is 0.160. The smallest absolute Gasteiger partial charge is 0.164 e. The van der Waals surface area contributed by atoms with Crippen molar-refractivity contribution in [3.05, 3.63) is 273 Å². The van der Waals surface area contributed by atoms with Gasteiger partial charge in [0, 0.05) is 55.0 Å². The van der Waals surface area contributed by atoms with Crippen molar-refractivity contribution in [3.63, 3.8) is 0 Å². The van der Waals surface area contributed by atoms with Crippen molar-refractivity contribution in [1.82, 2.24) is 24.1 Å². The predicted molar refractivity (Wildman–Crippen MR) is 326 cm³/mol. The van der Waals surface area contributed by atoms with Crippen LogP contribution in [-0.2, 0) is 0 Å². The van der Waals surface area contributed by atoms with Gasteiger partial charge in [0.25, 0.3) is 0 Å². The van der Waals surface area contributed by atoms with E-state index in [2.05, 4.69) is 282 Å². The van der Waals surface area contributed by atoms with Crippen molar-refractivity contribution < 1.29 is 0 Å². The lowest BCUT2D eigenvalue weighted by atomic mass is 9.91. The first-order chi connectivity index (χ1) is 38.6. The summed E-state index contributed by atoms with van der Waals surface area (Å²) in [5.74, 6) is 1.78. The number of fused-ring (bicyclic) bond motifs is 10. The maximum Gasteiger partial charge on any atom is 0.164 e. The molecule has 13 aromatic carbocycles. The lowest BCUT2D eigenvalue weighted by molar-refractivity contribution is 1.08. The van der Waals surface area contributed by atoms with Crippen LogP contribution in [-0.4, -0.2) is 24.1 Å². The summed E-state index contributed by atoms with van der Waals surface area (Å²) in [5, 5.41) is 14.0. The Morgan fingerprint density at radius 1 is 0.231 bits per heavy atom. The highest BCUT2D eigenvalue weighted by atomic mass is 15.0. The maximum atomic E-state index is 5.64. The molecular formula is C73H45N5. The summed E-state index contributed by atoms with van der Waals surface area (Å²) in [7, 11) is 0. The van der Waals surface area contributed by atoms with Gasteiger partial charge in [-0.05, 0) is 127 Å². The normalized spacial score (nSPS) is 11.8. The van der Waals surface area contributed by atoms with Crippen LogP contribution in [0.4, 0.5) is 0 Å². The molecule has 3 heterocycles. The molecule has 0 unspecified atom stereocenters. The first-order valence-electron chi connectivity index (χ1n) is 26.6. The zero-order chi connectivity index (χ0) is 51.3. The number of rotatable bonds is 7. The molecule has 3 aromatic heterocycles. The fourth-order valence-electron chi connectivity index (χ4n) is 12.2. The van der Waals surface area contributed by atoms with Crippen LogP contribution in [0.25, 0.3) is 154 Å². The highest BCUT2D eigenvalue weighted by Gasteiger charge is 2.25. The molecule has 0 atom stereocenters. The molecule has 16 aromatic rings. The van der Waals surface area contributed by atoms with Gasteiger partial charge in [-0.1, -0.05) is 200 Å². The van der Waals surface area contributed by atoms with Gasteiger partial charge in [0.15, 0.2) is 17.5 Å². The number of nitrogens with zero attached hydrogens (tertiary/aromatic N) is 5. The summed E-state index contributed by atoms with van der Waals surface area (Å²) in [6.07, 6.45) is 0. The van der Waals surface area contributed by atoms with E-state index in [4.69, 9.17) is 15.0 Å². The van der Waals surface area contributed by atoms with Gasteiger partial charge < -0.3 is 9.13 Å². The maximum absolute atomic E-state index is 5.64. The van der Waals surface area contributed by atoms with Gasteiger partial charge in [-0.2, -0.15) is 0 Å². The zero-order valence-corrected chi connectivity index (χ0v) is 42.2. The number of hydrogen-bond donors (Lipinski definition) is 0. The molecular weight excluding hydrogens is 947 g/mol. The predicted octanol–water partition coefficient (Wildman–Crippen LogP) is 19.0. The highest BCUT2D eigenvalue weighted by molar-refractivity contribution is 6.18. The van der Waals surface area contributed by atoms with Crippen LogP contribution in [0.1, 0.15) is 0 Å². The molecule has 16 rings (SSSR count). The van der Waals surface area contributed by atoms with E-state index in [1.54, 1.807) is 0 Å². The van der Waals surface area contributed by atoms with Crippen LogP contribution in [0.2, 0.25) is 0 Å². The second kappa shape index (κ2) is 17.6. The van der Waals surface area contributed by atoms with Crippen LogP contribution in [0.5, 0.6) is 0 Å². The van der Waals surface area contributed by atoms with E-state index >= 15 is 0 Å². The summed E-state index contributed by atoms with van der Waals surface area (Å²) < 4.78 is 4.88. The van der Waals surface area contributed by atoms with E-state index in [-0.39, 0.29) is 0 Å². The van der Waals surface area contributed by atoms with E-state index in [9.17, 15) is 0 Å². The molecule has 0 amide bonds. The van der Waals surface area contributed by atoms with Crippen molar-refractivity contribution in [2.45, 2.75) is 0 Å². The van der Waals surface area contributed by atoms with Crippen molar-refractivity contribution >= 4 is 86.7 Å². The van der Waals surface area contributed by atoms with Crippen LogP contribution >= 0.6 is 0 Å². The first-order valence-corrected chi connectivity index (χ1v) is 26.6. The van der Waals surface area contributed by atoms with Crippen LogP contribution < -0.4 is 0 Å². The summed E-state index contributed by atoms with van der Waals surface area (Å²) in [4.78, 5) is 16.7. The number of para-hydroxylation sites is 2. The summed E-state index contributed by atoms with van der Waals surface area (Å²) in [6, 6.07) is 98.7. The lowest BCUT2D eigenvalue weighted by Gasteiger charge is -2.21. The fraction of sp³-hybridized carbons (Fsp3) is 0. The molecule has 0 saturated heterocycles. The largest absolute Gasteiger partial charge is 0.309 e. The Bertz CT molecular complexity index is 5000. The Hall–Kier alpha value is -10.5. The van der Waals surface area contributed by atoms with E-state index in [1.165, 1.54) is 37.7 Å². The summed E-state index contributed by atoms with van der Waals surface area (Å²) >= 11 is 0. The Kier molecular flexibility index (Phi) is 9.87. The van der Waals surface area contributed by atoms with Gasteiger partial charge in [0.2, 0.25) is 0 Å². The van der Waals surface area contributed by atoms with E-state index in [0.29, 0.717) is 17.5 Å². The molecule has 78 heavy (non-hydrogen) atoms. The number of hydrogen-bond acceptors (Lipinski definition) is 3. The van der Waals surface area contributed by atoms with Gasteiger partial charge in [0.05, 0.1) is 27.8 Å². The Morgan fingerprint density at radius 2 is 0.692 bits per heavy atom. The van der Waals surface area contributed by atoms with Crippen LogP contribution in [0.3, 0.4) is 0 Å². The molecule has 5 heteroatoms. The Labute approximate surface area is 449 Å². The molecule has 0 radical (unpaired) electrons. The van der Waals surface area contributed by atoms with Gasteiger partial charge in [-0.15, -0.1) is 0 Å². The van der Waals surface area contributed by atoms with Crippen LogP contribution in [0.15, 0.2) is 273 Å². The summed E-state index contributed by atoms with van der Waals surface area (Å²) in [5.41, 5.74) is 13.6. The fourth-order valence-corrected chi connectivity index (χ4v) is 12.2. The minimum atomic E-state index is 0.580. The average molecular weight is 992 g/mol. The Morgan fingerprint density at radius 3 is 1.32 bits per heavy atom. The molecule has 0 N–H and O–H groups in total. The van der Waals surface area contributed by atoms with Gasteiger partial charge in [-0.25, -0.2) is 15.0 Å². The third kappa shape index (κ3) is 7.06. The highest BCUT2D eigenvalue weighted by Crippen LogP contribution is 2.46. The van der Waals surface area contributed by atoms with Crippen molar-refractivity contribution in [2.75, 3.05) is 0 Å². The Balaban J connectivity index is 1.03. The van der Waals surface area contributed by atoms with Gasteiger partial charge in [-0.3, -0.25) is 0 Å². The second-order valence-corrected chi connectivity index (χ2v) is 20.4. The average Bonchev–Trinajstić information content (AvgIpc) is 4.22. The first kappa shape index (κ1) is 43.9. The number of aromatic nitrogens is 5. The molecule has 0 aliphatic rings. The molecule has 5 nitrogen and oxygen atoms in total. The van der Waals surface area contributed by atoms with Gasteiger partial charge >= 0.3 is 0 Å². The molecule has 0 saturated carbocycles. The van der Waals surface area contributed by atoms with Crippen LogP contribution in [0, 0.1) is 0 Å². The van der Waals surface area contributed by atoms with Crippen molar-refractivity contribution in [1.29, 1.82) is 0 Å². The third-order valence-corrected chi connectivity index (χ3v) is 15.8. The zero-order valence-electron chi connectivity index (χ0n) is 42.2. The monoisotopic (exact) mass is 991 g/mol. The second-order valence-electron chi connectivity index (χ2n) is 20.4. The molecule has 0 aliphatic carbocycles. The number of benzene rings is 13. The van der Waals surface area contributed by atoms with E-state index in [1.807, 2.05) is 0 Å². The molecule has 362 valence electrons. The molecule has 0 bridgehead atoms. The SMILES string of the molecule is c1ccc(-c2cc(-c3nc(-c4ccc5ccccc5c4)nc(-c4cccc5c4c4ccccc4n5-c4ccccc4)n3)cc(-c3ccc4ccccc4c3)c2-n2c3cc4ccccc4cc3c3cc4ccccc4cc32)cc1. The minimum absolute atomic E-state index is 0.580. The third-order valence-electron chi connectivity index (χ3n) is 15.8. The van der Waals surface area contributed by atoms with E-state index < -0.39 is 0 Å². The van der Waals surface area contributed by atoms with Crippen molar-refractivity contribution in [3.8, 4) is 67.8 Å². The molecule has 0 aliphatic heterocycles. The lowest BCUT2D eigenvalue weighted by Crippen LogP contribution is -2.04. The minimum Gasteiger partial charge on any atom is -0.309 e. The van der Waals surface area contributed by atoms with Gasteiger partial charge in [0.1, 0.15) is 0 Å². The summed E-state index contributed by atoms with van der Waals surface area (Å²) in [6.45, 7) is 0. The van der Waals surface area contributed by atoms with E-state index in [0.717, 1.165) is 99.3 Å². The molecule has 0 spiro atoms. The molecule has 0 fully saturated rings. The van der Waals surface area contributed by atoms with Crippen molar-refractivity contribution in [2.24, 2.45) is 0 Å². The standard InChI is InChI=1S/C73H45N5/c1-3-20-48(21-4-1)61-42-57(43-62(55-36-34-46-18-7-9-22-49(46)38-55)70(61)78-67-44-53-26-13-11-24-51(53)40-63(67)64-41-52-25-12-14-27-54(52)45-68(64)78)72-74-71(56-37-35-47-19-8-10-23-50(47)39-56)75-73(76-72)60-31-17-33-66-69(60)59-30-15-16-32-65(59)77(66)58-28-5-2-6-29-58/h1-45H.